The average Bonchev–Trinajstić information content (AvgIpc) is 2.34. The largest absolute Gasteiger partial charge is 0.480 e. The monoisotopic (exact) mass is 268 g/mol. The predicted molar refractivity (Wildman–Crippen MR) is 68.1 cm³/mol. The van der Waals surface area contributed by atoms with Crippen LogP contribution in [-0.4, -0.2) is 29.6 Å². The lowest BCUT2D eigenvalue weighted by atomic mass is 10.1. The molecule has 0 heterocycles. The fourth-order valence-electron chi connectivity index (χ4n) is 1.61. The maximum Gasteiger partial charge on any atom is 0.327 e. The highest BCUT2D eigenvalue weighted by molar-refractivity contribution is 5.82. The number of aliphatic carboxylic acids is 1. The van der Waals surface area contributed by atoms with Crippen molar-refractivity contribution in [2.75, 3.05) is 6.54 Å². The van der Waals surface area contributed by atoms with Crippen LogP contribution in [0.3, 0.4) is 0 Å². The molecule has 2 atom stereocenters. The number of hydrogen-bond acceptors (Lipinski definition) is 3. The Hall–Kier alpha value is -1.95. The molecule has 1 amide bonds. The molecule has 1 rings (SSSR count). The quantitative estimate of drug-likeness (QED) is 0.721. The molecule has 6 heteroatoms. The van der Waals surface area contributed by atoms with Crippen LogP contribution in [0.5, 0.6) is 0 Å². The van der Waals surface area contributed by atoms with E-state index < -0.39 is 17.9 Å². The maximum absolute atomic E-state index is 12.8. The van der Waals surface area contributed by atoms with Gasteiger partial charge in [-0.3, -0.25) is 4.79 Å². The van der Waals surface area contributed by atoms with Crippen LogP contribution >= 0.6 is 0 Å². The van der Waals surface area contributed by atoms with Gasteiger partial charge in [-0.2, -0.15) is 0 Å². The van der Waals surface area contributed by atoms with Crippen molar-refractivity contribution >= 4 is 11.9 Å². The van der Waals surface area contributed by atoms with Crippen LogP contribution in [0.2, 0.25) is 0 Å². The van der Waals surface area contributed by atoms with Gasteiger partial charge in [0, 0.05) is 19.5 Å². The van der Waals surface area contributed by atoms with E-state index in [1.165, 1.54) is 19.1 Å². The highest BCUT2D eigenvalue weighted by atomic mass is 19.1. The van der Waals surface area contributed by atoms with Gasteiger partial charge in [0.1, 0.15) is 11.9 Å². The zero-order chi connectivity index (χ0) is 14.4. The number of nitrogens with one attached hydrogen (secondary N) is 2. The average molecular weight is 268 g/mol. The number of carbonyl (C=O) groups excluding carboxylic acids is 1. The predicted octanol–water partition coefficient (Wildman–Crippen LogP) is 1.07. The Bertz CT molecular complexity index is 448. The minimum absolute atomic E-state index is 0.0907. The zero-order valence-electron chi connectivity index (χ0n) is 10.8. The van der Waals surface area contributed by atoms with E-state index in [4.69, 9.17) is 5.11 Å². The first kappa shape index (κ1) is 15.1. The molecular formula is C13H17FN2O3. The summed E-state index contributed by atoms with van der Waals surface area (Å²) in [6.07, 6.45) is 0. The highest BCUT2D eigenvalue weighted by Crippen LogP contribution is 2.12. The summed E-state index contributed by atoms with van der Waals surface area (Å²) in [6, 6.07) is 4.81. The van der Waals surface area contributed by atoms with Crippen molar-refractivity contribution in [3.63, 3.8) is 0 Å². The summed E-state index contributed by atoms with van der Waals surface area (Å²) in [7, 11) is 0. The van der Waals surface area contributed by atoms with Crippen LogP contribution < -0.4 is 10.6 Å². The van der Waals surface area contributed by atoms with Crippen LogP contribution in [0.15, 0.2) is 24.3 Å². The number of carboxylic acid groups (broad SMARTS) is 1. The van der Waals surface area contributed by atoms with Gasteiger partial charge in [0.05, 0.1) is 0 Å². The van der Waals surface area contributed by atoms with E-state index in [2.05, 4.69) is 10.6 Å². The molecule has 0 spiro atoms. The molecule has 0 bridgehead atoms. The molecule has 0 fully saturated rings. The van der Waals surface area contributed by atoms with Crippen molar-refractivity contribution in [3.8, 4) is 0 Å². The van der Waals surface area contributed by atoms with Gasteiger partial charge in [-0.25, -0.2) is 9.18 Å². The first-order chi connectivity index (χ1) is 8.90. The van der Waals surface area contributed by atoms with Crippen LogP contribution in [-0.2, 0) is 9.59 Å². The molecule has 1 aromatic carbocycles. The third-order valence-corrected chi connectivity index (χ3v) is 2.67. The van der Waals surface area contributed by atoms with Gasteiger partial charge in [-0.1, -0.05) is 12.1 Å². The van der Waals surface area contributed by atoms with Gasteiger partial charge >= 0.3 is 5.97 Å². The Morgan fingerprint density at radius 3 is 2.37 bits per heavy atom. The Balaban J connectivity index is 2.56. The summed E-state index contributed by atoms with van der Waals surface area (Å²) in [5, 5.41) is 14.3. The number of carboxylic acids is 1. The number of halogens is 1. The smallest absolute Gasteiger partial charge is 0.327 e. The van der Waals surface area contributed by atoms with E-state index in [1.807, 2.05) is 6.92 Å². The second kappa shape index (κ2) is 6.84. The lowest BCUT2D eigenvalue weighted by Crippen LogP contribution is -2.46. The lowest BCUT2D eigenvalue weighted by Gasteiger charge is -2.18. The summed E-state index contributed by atoms with van der Waals surface area (Å²) in [5.74, 6) is -1.82. The van der Waals surface area contributed by atoms with Crippen molar-refractivity contribution in [1.29, 1.82) is 0 Å². The molecule has 0 aliphatic carbocycles. The molecule has 0 aliphatic rings. The summed E-state index contributed by atoms with van der Waals surface area (Å²) in [4.78, 5) is 21.8. The molecule has 0 saturated heterocycles. The third kappa shape index (κ3) is 5.05. The summed E-state index contributed by atoms with van der Waals surface area (Å²) >= 11 is 0. The third-order valence-electron chi connectivity index (χ3n) is 2.67. The molecule has 19 heavy (non-hydrogen) atoms. The molecule has 0 saturated carbocycles. The highest BCUT2D eigenvalue weighted by Gasteiger charge is 2.19. The standard InChI is InChI=1S/C13H17FN2O3/c1-8(10-3-5-11(14)6-4-10)15-7-12(13(18)19)16-9(2)17/h3-6,8,12,15H,7H2,1-2H3,(H,16,17)(H,18,19)/t8-,12?/m0/s1. The minimum atomic E-state index is -1.10. The first-order valence-corrected chi connectivity index (χ1v) is 5.89. The van der Waals surface area contributed by atoms with Gasteiger partial charge in [0.15, 0.2) is 0 Å². The van der Waals surface area contributed by atoms with E-state index in [1.54, 1.807) is 12.1 Å². The van der Waals surface area contributed by atoms with Crippen molar-refractivity contribution in [2.45, 2.75) is 25.9 Å². The second-order valence-electron chi connectivity index (χ2n) is 4.27. The van der Waals surface area contributed by atoms with E-state index in [0.717, 1.165) is 5.56 Å². The van der Waals surface area contributed by atoms with Crippen molar-refractivity contribution in [2.24, 2.45) is 0 Å². The van der Waals surface area contributed by atoms with Gasteiger partial charge in [0.25, 0.3) is 0 Å². The van der Waals surface area contributed by atoms with E-state index in [9.17, 15) is 14.0 Å². The van der Waals surface area contributed by atoms with Gasteiger partial charge < -0.3 is 15.7 Å². The summed E-state index contributed by atoms with van der Waals surface area (Å²) < 4.78 is 12.8. The molecule has 1 unspecified atom stereocenters. The molecule has 0 radical (unpaired) electrons. The fraction of sp³-hybridized carbons (Fsp3) is 0.385. The van der Waals surface area contributed by atoms with E-state index in [-0.39, 0.29) is 18.4 Å². The van der Waals surface area contributed by atoms with Crippen molar-refractivity contribution in [1.82, 2.24) is 10.6 Å². The van der Waals surface area contributed by atoms with Gasteiger partial charge in [-0.15, -0.1) is 0 Å². The topological polar surface area (TPSA) is 78.4 Å². The molecule has 5 nitrogen and oxygen atoms in total. The fourth-order valence-corrected chi connectivity index (χ4v) is 1.61. The molecule has 104 valence electrons. The van der Waals surface area contributed by atoms with Gasteiger partial charge in [-0.05, 0) is 24.6 Å². The maximum atomic E-state index is 12.8. The number of amides is 1. The first-order valence-electron chi connectivity index (χ1n) is 5.89. The summed E-state index contributed by atoms with van der Waals surface area (Å²) in [6.45, 7) is 3.19. The molecule has 0 aliphatic heterocycles. The Kier molecular flexibility index (Phi) is 5.44. The SMILES string of the molecule is CC(=O)NC(CN[C@@H](C)c1ccc(F)cc1)C(=O)O. The molecule has 0 aromatic heterocycles. The number of carbonyl (C=O) groups is 2. The zero-order valence-corrected chi connectivity index (χ0v) is 10.8. The number of benzene rings is 1. The minimum Gasteiger partial charge on any atom is -0.480 e. The number of rotatable bonds is 6. The van der Waals surface area contributed by atoms with Crippen LogP contribution in [0.1, 0.15) is 25.5 Å². The van der Waals surface area contributed by atoms with Crippen molar-refractivity contribution < 1.29 is 19.1 Å². The van der Waals surface area contributed by atoms with E-state index in [0.29, 0.717) is 0 Å². The van der Waals surface area contributed by atoms with Crippen LogP contribution in [0.4, 0.5) is 4.39 Å². The Labute approximate surface area is 110 Å². The van der Waals surface area contributed by atoms with Crippen molar-refractivity contribution in [3.05, 3.63) is 35.6 Å². The normalized spacial score (nSPS) is 13.6. The Morgan fingerprint density at radius 2 is 1.89 bits per heavy atom. The van der Waals surface area contributed by atoms with Crippen LogP contribution in [0.25, 0.3) is 0 Å². The molecule has 1 aromatic rings. The summed E-state index contributed by atoms with van der Waals surface area (Å²) in [5.41, 5.74) is 0.841. The lowest BCUT2D eigenvalue weighted by molar-refractivity contribution is -0.141. The van der Waals surface area contributed by atoms with E-state index >= 15 is 0 Å². The number of hydrogen-bond donors (Lipinski definition) is 3. The second-order valence-corrected chi connectivity index (χ2v) is 4.27. The Morgan fingerprint density at radius 1 is 1.32 bits per heavy atom. The molecule has 3 N–H and O–H groups in total. The van der Waals surface area contributed by atoms with Crippen LogP contribution in [0, 0.1) is 5.82 Å². The molecular weight excluding hydrogens is 251 g/mol. The van der Waals surface area contributed by atoms with Gasteiger partial charge in [0.2, 0.25) is 5.91 Å².